The van der Waals surface area contributed by atoms with Crippen molar-refractivity contribution >= 4 is 16.1 Å². The van der Waals surface area contributed by atoms with E-state index in [2.05, 4.69) is 0 Å². The Bertz CT molecular complexity index is 632. The minimum atomic E-state index is -3.35. The number of hydrogen-bond acceptors (Lipinski definition) is 3. The highest BCUT2D eigenvalue weighted by molar-refractivity contribution is 7.92. The predicted molar refractivity (Wildman–Crippen MR) is 87.8 cm³/mol. The van der Waals surface area contributed by atoms with Gasteiger partial charge in [-0.2, -0.15) is 4.31 Å². The van der Waals surface area contributed by atoms with E-state index in [9.17, 15) is 8.42 Å². The van der Waals surface area contributed by atoms with Gasteiger partial charge in [-0.25, -0.2) is 8.42 Å². The average molecular weight is 321 g/mol. The Balaban J connectivity index is 1.56. The largest absolute Gasteiger partial charge is 0.377 e. The van der Waals surface area contributed by atoms with Crippen molar-refractivity contribution in [2.75, 3.05) is 19.7 Å². The SMILES string of the molecule is Cc1ccc(C=CS(=O)(=O)N2CCC(OCC3CC3)C2)cc1. The van der Waals surface area contributed by atoms with Gasteiger partial charge in [-0.15, -0.1) is 0 Å². The first kappa shape index (κ1) is 15.7. The van der Waals surface area contributed by atoms with E-state index in [0.717, 1.165) is 24.2 Å². The van der Waals surface area contributed by atoms with Gasteiger partial charge in [0.25, 0.3) is 0 Å². The Labute approximate surface area is 132 Å². The Morgan fingerprint density at radius 3 is 2.64 bits per heavy atom. The molecule has 0 bridgehead atoms. The highest BCUT2D eigenvalue weighted by atomic mass is 32.2. The molecule has 1 aliphatic carbocycles. The second kappa shape index (κ2) is 6.52. The first-order valence-electron chi connectivity index (χ1n) is 7.89. The van der Waals surface area contributed by atoms with Gasteiger partial charge in [-0.05, 0) is 43.7 Å². The maximum atomic E-state index is 12.4. The van der Waals surface area contributed by atoms with Gasteiger partial charge in [0.15, 0.2) is 0 Å². The smallest absolute Gasteiger partial charge is 0.236 e. The summed E-state index contributed by atoms with van der Waals surface area (Å²) in [5.74, 6) is 0.715. The molecule has 1 aromatic carbocycles. The fourth-order valence-corrected chi connectivity index (χ4v) is 3.78. The van der Waals surface area contributed by atoms with Crippen LogP contribution < -0.4 is 0 Å². The highest BCUT2D eigenvalue weighted by Crippen LogP contribution is 2.30. The zero-order valence-corrected chi connectivity index (χ0v) is 13.8. The summed E-state index contributed by atoms with van der Waals surface area (Å²) < 4.78 is 32.0. The van der Waals surface area contributed by atoms with Crippen molar-refractivity contribution in [1.29, 1.82) is 0 Å². The maximum absolute atomic E-state index is 12.4. The second-order valence-electron chi connectivity index (χ2n) is 6.30. The Hall–Kier alpha value is -1.17. The van der Waals surface area contributed by atoms with Crippen molar-refractivity contribution in [2.45, 2.75) is 32.3 Å². The molecule has 4 nitrogen and oxygen atoms in total. The van der Waals surface area contributed by atoms with Crippen LogP contribution in [0.4, 0.5) is 0 Å². The summed E-state index contributed by atoms with van der Waals surface area (Å²) in [6, 6.07) is 7.80. The summed E-state index contributed by atoms with van der Waals surface area (Å²) in [4.78, 5) is 0. The van der Waals surface area contributed by atoms with E-state index < -0.39 is 10.0 Å². The van der Waals surface area contributed by atoms with Gasteiger partial charge in [0.2, 0.25) is 10.0 Å². The number of hydrogen-bond donors (Lipinski definition) is 0. The third-order valence-electron chi connectivity index (χ3n) is 4.24. The molecule has 1 unspecified atom stereocenters. The van der Waals surface area contributed by atoms with Crippen LogP contribution in [0.15, 0.2) is 29.7 Å². The lowest BCUT2D eigenvalue weighted by atomic mass is 10.2. The normalized spacial score (nSPS) is 23.4. The molecule has 5 heteroatoms. The summed E-state index contributed by atoms with van der Waals surface area (Å²) in [7, 11) is -3.35. The van der Waals surface area contributed by atoms with Crippen molar-refractivity contribution in [3.8, 4) is 0 Å². The summed E-state index contributed by atoms with van der Waals surface area (Å²) >= 11 is 0. The van der Waals surface area contributed by atoms with Gasteiger partial charge in [-0.1, -0.05) is 29.8 Å². The number of rotatable bonds is 6. The molecule has 0 aromatic heterocycles. The second-order valence-corrected chi connectivity index (χ2v) is 8.12. The van der Waals surface area contributed by atoms with E-state index in [1.165, 1.54) is 22.6 Å². The Morgan fingerprint density at radius 2 is 1.95 bits per heavy atom. The van der Waals surface area contributed by atoms with Crippen LogP contribution in [0.1, 0.15) is 30.4 Å². The number of benzene rings is 1. The monoisotopic (exact) mass is 321 g/mol. The zero-order valence-electron chi connectivity index (χ0n) is 12.9. The molecule has 120 valence electrons. The molecular weight excluding hydrogens is 298 g/mol. The molecule has 1 saturated heterocycles. The van der Waals surface area contributed by atoms with Crippen LogP contribution in [0.3, 0.4) is 0 Å². The quantitative estimate of drug-likeness (QED) is 0.809. The average Bonchev–Trinajstić information content (AvgIpc) is 3.20. The molecule has 2 aliphatic rings. The Morgan fingerprint density at radius 1 is 1.23 bits per heavy atom. The minimum Gasteiger partial charge on any atom is -0.377 e. The molecule has 0 amide bonds. The number of ether oxygens (including phenoxy) is 1. The van der Waals surface area contributed by atoms with Crippen molar-refractivity contribution in [3.05, 3.63) is 40.8 Å². The van der Waals surface area contributed by atoms with Gasteiger partial charge in [0.05, 0.1) is 6.10 Å². The van der Waals surface area contributed by atoms with E-state index >= 15 is 0 Å². The first-order chi connectivity index (χ1) is 10.5. The van der Waals surface area contributed by atoms with Gasteiger partial charge in [-0.3, -0.25) is 0 Å². The summed E-state index contributed by atoms with van der Waals surface area (Å²) in [6.45, 7) is 3.83. The van der Waals surface area contributed by atoms with E-state index in [-0.39, 0.29) is 6.10 Å². The van der Waals surface area contributed by atoms with E-state index in [1.54, 1.807) is 6.08 Å². The molecule has 1 aromatic rings. The minimum absolute atomic E-state index is 0.0585. The van der Waals surface area contributed by atoms with Crippen LogP contribution in [0.25, 0.3) is 6.08 Å². The molecule has 2 fully saturated rings. The summed E-state index contributed by atoms with van der Waals surface area (Å²) in [5, 5.41) is 1.31. The van der Waals surface area contributed by atoms with Crippen molar-refractivity contribution in [2.24, 2.45) is 5.92 Å². The van der Waals surface area contributed by atoms with Gasteiger partial charge >= 0.3 is 0 Å². The van der Waals surface area contributed by atoms with Crippen LogP contribution >= 0.6 is 0 Å². The number of sulfonamides is 1. The lowest BCUT2D eigenvalue weighted by molar-refractivity contribution is 0.0561. The Kier molecular flexibility index (Phi) is 4.66. The van der Waals surface area contributed by atoms with Gasteiger partial charge < -0.3 is 4.74 Å². The molecule has 22 heavy (non-hydrogen) atoms. The van der Waals surface area contributed by atoms with Crippen LogP contribution in [-0.2, 0) is 14.8 Å². The van der Waals surface area contributed by atoms with Crippen LogP contribution in [0.5, 0.6) is 0 Å². The molecule has 1 aliphatic heterocycles. The predicted octanol–water partition coefficient (Wildman–Crippen LogP) is 2.80. The van der Waals surface area contributed by atoms with Gasteiger partial charge in [0, 0.05) is 25.1 Å². The van der Waals surface area contributed by atoms with Crippen LogP contribution in [0, 0.1) is 12.8 Å². The third kappa shape index (κ3) is 4.18. The number of aryl methyl sites for hydroxylation is 1. The fraction of sp³-hybridized carbons (Fsp3) is 0.529. The molecule has 0 N–H and O–H groups in total. The van der Waals surface area contributed by atoms with Crippen LogP contribution in [0.2, 0.25) is 0 Å². The van der Waals surface area contributed by atoms with Crippen LogP contribution in [-0.4, -0.2) is 38.5 Å². The van der Waals surface area contributed by atoms with E-state index in [1.807, 2.05) is 31.2 Å². The molecule has 3 rings (SSSR count). The molecule has 1 atom stereocenters. The summed E-state index contributed by atoms with van der Waals surface area (Å²) in [6.07, 6.45) is 5.03. The maximum Gasteiger partial charge on any atom is 0.236 e. The van der Waals surface area contributed by atoms with Gasteiger partial charge in [0.1, 0.15) is 0 Å². The van der Waals surface area contributed by atoms with Crippen molar-refractivity contribution < 1.29 is 13.2 Å². The topological polar surface area (TPSA) is 46.6 Å². The van der Waals surface area contributed by atoms with E-state index in [4.69, 9.17) is 4.74 Å². The first-order valence-corrected chi connectivity index (χ1v) is 9.40. The fourth-order valence-electron chi connectivity index (χ4n) is 2.55. The summed E-state index contributed by atoms with van der Waals surface area (Å²) in [5.41, 5.74) is 2.06. The molecule has 0 spiro atoms. The highest BCUT2D eigenvalue weighted by Gasteiger charge is 2.32. The van der Waals surface area contributed by atoms with E-state index in [0.29, 0.717) is 19.0 Å². The van der Waals surface area contributed by atoms with Crippen molar-refractivity contribution in [1.82, 2.24) is 4.31 Å². The standard InChI is InChI=1S/C17H23NO3S/c1-14-2-4-15(5-3-14)9-11-22(19,20)18-10-8-17(12-18)21-13-16-6-7-16/h2-5,9,11,16-17H,6-8,10,12-13H2,1H3. The zero-order chi connectivity index (χ0) is 15.6. The molecular formula is C17H23NO3S. The van der Waals surface area contributed by atoms with Crippen molar-refractivity contribution in [3.63, 3.8) is 0 Å². The third-order valence-corrected chi connectivity index (χ3v) is 5.77. The lowest BCUT2D eigenvalue weighted by Crippen LogP contribution is -2.28. The molecule has 0 radical (unpaired) electrons. The molecule has 1 saturated carbocycles. The lowest BCUT2D eigenvalue weighted by Gasteiger charge is -2.14. The number of nitrogens with zero attached hydrogens (tertiary/aromatic N) is 1. The molecule has 1 heterocycles.